The highest BCUT2D eigenvalue weighted by molar-refractivity contribution is 8.00. The van der Waals surface area contributed by atoms with Crippen LogP contribution in [0.4, 0.5) is 4.39 Å². The van der Waals surface area contributed by atoms with Crippen LogP contribution in [0.1, 0.15) is 0 Å². The molecule has 1 aromatic heterocycles. The van der Waals surface area contributed by atoms with Crippen molar-refractivity contribution in [2.24, 2.45) is 0 Å². The second-order valence-electron chi connectivity index (χ2n) is 1.82. The summed E-state index contributed by atoms with van der Waals surface area (Å²) in [4.78, 5) is 17.4. The van der Waals surface area contributed by atoms with Crippen molar-refractivity contribution in [2.75, 3.05) is 0 Å². The number of carboxylic acids is 1. The van der Waals surface area contributed by atoms with Gasteiger partial charge in [0, 0.05) is 12.4 Å². The average molecular weight is 188 g/mol. The smallest absolute Gasteiger partial charge is 0.349 e. The standard InChI is InChI=1S/C6H5FN2O2S/c7-5(6(10)11)12-4-3-8-1-2-9-4/h1-3,5H,(H,10,11). The highest BCUT2D eigenvalue weighted by Gasteiger charge is 2.17. The Morgan fingerprint density at radius 1 is 1.67 bits per heavy atom. The van der Waals surface area contributed by atoms with Gasteiger partial charge >= 0.3 is 5.97 Å². The third-order valence-corrected chi connectivity index (χ3v) is 1.82. The van der Waals surface area contributed by atoms with Crippen LogP contribution in [0.2, 0.25) is 0 Å². The summed E-state index contributed by atoms with van der Waals surface area (Å²) in [5.74, 6) is -1.51. The lowest BCUT2D eigenvalue weighted by Crippen LogP contribution is -2.09. The minimum Gasteiger partial charge on any atom is -0.478 e. The first-order valence-corrected chi connectivity index (χ1v) is 3.87. The van der Waals surface area contributed by atoms with Gasteiger partial charge in [-0.15, -0.1) is 0 Å². The topological polar surface area (TPSA) is 63.1 Å². The molecule has 1 aromatic rings. The molecule has 0 aromatic carbocycles. The van der Waals surface area contributed by atoms with Crippen LogP contribution in [0.15, 0.2) is 23.6 Å². The fourth-order valence-electron chi connectivity index (χ4n) is 0.503. The Balaban J connectivity index is 2.58. The first-order chi connectivity index (χ1) is 5.70. The Bertz CT molecular complexity index is 270. The zero-order valence-electron chi connectivity index (χ0n) is 5.85. The third-order valence-electron chi connectivity index (χ3n) is 0.958. The van der Waals surface area contributed by atoms with E-state index in [1.807, 2.05) is 0 Å². The summed E-state index contributed by atoms with van der Waals surface area (Å²) in [6.07, 6.45) is 4.11. The number of rotatable bonds is 3. The lowest BCUT2D eigenvalue weighted by molar-refractivity contribution is -0.139. The molecule has 1 N–H and O–H groups in total. The summed E-state index contributed by atoms with van der Waals surface area (Å²) in [6, 6.07) is 0. The van der Waals surface area contributed by atoms with Crippen LogP contribution >= 0.6 is 11.8 Å². The summed E-state index contributed by atoms with van der Waals surface area (Å²) in [5.41, 5.74) is -1.98. The maximum atomic E-state index is 12.5. The van der Waals surface area contributed by atoms with Gasteiger partial charge in [-0.3, -0.25) is 4.98 Å². The van der Waals surface area contributed by atoms with Crippen LogP contribution in [-0.4, -0.2) is 26.5 Å². The van der Waals surface area contributed by atoms with E-state index < -0.39 is 11.5 Å². The van der Waals surface area contributed by atoms with Crippen LogP contribution in [0.5, 0.6) is 0 Å². The van der Waals surface area contributed by atoms with Gasteiger partial charge in [0.05, 0.1) is 6.20 Å². The van der Waals surface area contributed by atoms with Gasteiger partial charge in [0.1, 0.15) is 5.03 Å². The molecule has 0 bridgehead atoms. The van der Waals surface area contributed by atoms with Crippen molar-refractivity contribution in [2.45, 2.75) is 10.5 Å². The highest BCUT2D eigenvalue weighted by atomic mass is 32.2. The van der Waals surface area contributed by atoms with E-state index in [0.717, 1.165) is 0 Å². The van der Waals surface area contributed by atoms with Crippen LogP contribution in [-0.2, 0) is 4.79 Å². The predicted octanol–water partition coefficient (Wildman–Crippen LogP) is 0.949. The van der Waals surface area contributed by atoms with E-state index in [0.29, 0.717) is 11.8 Å². The van der Waals surface area contributed by atoms with Gasteiger partial charge in [0.25, 0.3) is 0 Å². The summed E-state index contributed by atoms with van der Waals surface area (Å²) in [7, 11) is 0. The van der Waals surface area contributed by atoms with Crippen LogP contribution in [0.3, 0.4) is 0 Å². The molecule has 1 heterocycles. The van der Waals surface area contributed by atoms with Crippen molar-refractivity contribution < 1.29 is 14.3 Å². The van der Waals surface area contributed by atoms with E-state index in [-0.39, 0.29) is 5.03 Å². The van der Waals surface area contributed by atoms with Crippen LogP contribution in [0, 0.1) is 0 Å². The molecule has 1 unspecified atom stereocenters. The zero-order valence-corrected chi connectivity index (χ0v) is 6.66. The quantitative estimate of drug-likeness (QED) is 0.715. The number of halogens is 1. The van der Waals surface area contributed by atoms with Gasteiger partial charge in [0.2, 0.25) is 5.50 Å². The van der Waals surface area contributed by atoms with E-state index in [1.165, 1.54) is 18.6 Å². The van der Waals surface area contributed by atoms with Gasteiger partial charge in [-0.25, -0.2) is 14.2 Å². The van der Waals surface area contributed by atoms with Gasteiger partial charge in [-0.1, -0.05) is 11.8 Å². The second kappa shape index (κ2) is 4.01. The molecule has 0 amide bonds. The van der Waals surface area contributed by atoms with Crippen molar-refractivity contribution in [3.05, 3.63) is 18.6 Å². The molecule has 12 heavy (non-hydrogen) atoms. The normalized spacial score (nSPS) is 12.4. The summed E-state index contributed by atoms with van der Waals surface area (Å²) < 4.78 is 12.5. The number of hydrogen-bond acceptors (Lipinski definition) is 4. The molecule has 6 heteroatoms. The lowest BCUT2D eigenvalue weighted by Gasteiger charge is -1.99. The first-order valence-electron chi connectivity index (χ1n) is 2.99. The van der Waals surface area contributed by atoms with Crippen molar-refractivity contribution >= 4 is 17.7 Å². The number of hydrogen-bond donors (Lipinski definition) is 1. The maximum absolute atomic E-state index is 12.5. The summed E-state index contributed by atoms with van der Waals surface area (Å²) in [6.45, 7) is 0. The number of nitrogens with zero attached hydrogens (tertiary/aromatic N) is 2. The van der Waals surface area contributed by atoms with Crippen LogP contribution < -0.4 is 0 Å². The molecular formula is C6H5FN2O2S. The molecule has 1 rings (SSSR count). The van der Waals surface area contributed by atoms with E-state index in [1.54, 1.807) is 0 Å². The number of alkyl halides is 1. The minimum atomic E-state index is -1.98. The van der Waals surface area contributed by atoms with Gasteiger partial charge < -0.3 is 5.11 Å². The van der Waals surface area contributed by atoms with Crippen LogP contribution in [0.25, 0.3) is 0 Å². The Morgan fingerprint density at radius 3 is 2.92 bits per heavy atom. The SMILES string of the molecule is O=C(O)C(F)Sc1cnccn1. The van der Waals surface area contributed by atoms with Crippen molar-refractivity contribution in [3.8, 4) is 0 Å². The second-order valence-corrected chi connectivity index (χ2v) is 2.88. The number of carbonyl (C=O) groups is 1. The van der Waals surface area contributed by atoms with E-state index in [4.69, 9.17) is 5.11 Å². The molecule has 0 aliphatic rings. The molecule has 0 radical (unpaired) electrons. The number of thioether (sulfide) groups is 1. The summed E-state index contributed by atoms with van der Waals surface area (Å²) >= 11 is 0.512. The van der Waals surface area contributed by atoms with Gasteiger partial charge in [-0.2, -0.15) is 0 Å². The molecule has 1 atom stereocenters. The highest BCUT2D eigenvalue weighted by Crippen LogP contribution is 2.20. The Hall–Kier alpha value is -1.17. The molecule has 0 aliphatic heterocycles. The third kappa shape index (κ3) is 2.46. The van der Waals surface area contributed by atoms with Crippen molar-refractivity contribution in [1.29, 1.82) is 0 Å². The lowest BCUT2D eigenvalue weighted by atomic mass is 10.8. The molecule has 0 aliphatic carbocycles. The number of aliphatic carboxylic acids is 1. The first kappa shape index (κ1) is 8.92. The fourth-order valence-corrected chi connectivity index (χ4v) is 1.06. The predicted molar refractivity (Wildman–Crippen MR) is 40.4 cm³/mol. The van der Waals surface area contributed by atoms with Gasteiger partial charge in [0.15, 0.2) is 0 Å². The summed E-state index contributed by atoms with van der Waals surface area (Å²) in [5, 5.41) is 8.46. The van der Waals surface area contributed by atoms with E-state index >= 15 is 0 Å². The Labute approximate surface area is 71.8 Å². The largest absolute Gasteiger partial charge is 0.478 e. The molecule has 0 saturated heterocycles. The monoisotopic (exact) mass is 188 g/mol. The maximum Gasteiger partial charge on any atom is 0.349 e. The van der Waals surface area contributed by atoms with Crippen molar-refractivity contribution in [3.63, 3.8) is 0 Å². The van der Waals surface area contributed by atoms with Gasteiger partial charge in [-0.05, 0) is 0 Å². The Morgan fingerprint density at radius 2 is 2.42 bits per heavy atom. The zero-order chi connectivity index (χ0) is 8.97. The molecule has 0 saturated carbocycles. The minimum absolute atomic E-state index is 0.257. The molecule has 4 nitrogen and oxygen atoms in total. The molecular weight excluding hydrogens is 183 g/mol. The number of carboxylic acid groups (broad SMARTS) is 1. The van der Waals surface area contributed by atoms with E-state index in [9.17, 15) is 9.18 Å². The molecule has 0 spiro atoms. The van der Waals surface area contributed by atoms with Crippen molar-refractivity contribution in [1.82, 2.24) is 9.97 Å². The fraction of sp³-hybridized carbons (Fsp3) is 0.167. The number of aromatic nitrogens is 2. The van der Waals surface area contributed by atoms with E-state index in [2.05, 4.69) is 9.97 Å². The average Bonchev–Trinajstić information content (AvgIpc) is 2.06. The Kier molecular flexibility index (Phi) is 2.98. The molecule has 0 fully saturated rings. The molecule has 64 valence electrons.